The van der Waals surface area contributed by atoms with Crippen LogP contribution < -0.4 is 25.0 Å². The Hall–Kier alpha value is -4.45. The number of amides is 3. The number of primary sulfonamides is 1. The molecule has 2 aliphatic rings. The third kappa shape index (κ3) is 5.81. The maximum absolute atomic E-state index is 14.0. The number of hydrogen-bond acceptors (Lipinski definition) is 9. The van der Waals surface area contributed by atoms with Crippen LogP contribution in [0.4, 0.5) is 24.5 Å². The van der Waals surface area contributed by atoms with Crippen LogP contribution in [0.5, 0.6) is 5.75 Å². The van der Waals surface area contributed by atoms with Gasteiger partial charge in [0.1, 0.15) is 11.0 Å². The number of rotatable bonds is 7. The summed E-state index contributed by atoms with van der Waals surface area (Å²) >= 11 is 1.72. The van der Waals surface area contributed by atoms with Gasteiger partial charge in [-0.15, -0.1) is 0 Å². The molecule has 3 heterocycles. The van der Waals surface area contributed by atoms with Crippen molar-refractivity contribution >= 4 is 62.2 Å². The molecule has 6 rings (SSSR count). The number of anilines is 2. The van der Waals surface area contributed by atoms with E-state index in [-0.39, 0.29) is 16.3 Å². The zero-order chi connectivity index (χ0) is 33.0. The molecule has 0 radical (unpaired) electrons. The summed E-state index contributed by atoms with van der Waals surface area (Å²) in [4.78, 5) is 55.8. The van der Waals surface area contributed by atoms with E-state index in [0.717, 1.165) is 41.3 Å². The van der Waals surface area contributed by atoms with Gasteiger partial charge in [-0.2, -0.15) is 13.2 Å². The predicted molar refractivity (Wildman–Crippen MR) is 162 cm³/mol. The van der Waals surface area contributed by atoms with E-state index in [1.807, 2.05) is 0 Å². The number of nitrogens with zero attached hydrogens (tertiary/aromatic N) is 1. The topological polar surface area (TPSA) is 169 Å². The van der Waals surface area contributed by atoms with E-state index < -0.39 is 73.7 Å². The summed E-state index contributed by atoms with van der Waals surface area (Å²) in [6, 6.07) is 15.8. The fourth-order valence-electron chi connectivity index (χ4n) is 5.44. The highest BCUT2D eigenvalue weighted by Gasteiger charge is 2.57. The van der Waals surface area contributed by atoms with Crippen LogP contribution >= 0.6 is 23.1 Å². The van der Waals surface area contributed by atoms with Crippen molar-refractivity contribution in [2.45, 2.75) is 27.3 Å². The second-order valence-electron chi connectivity index (χ2n) is 10.2. The van der Waals surface area contributed by atoms with Crippen molar-refractivity contribution in [2.75, 3.05) is 16.8 Å². The molecule has 2 aliphatic heterocycles. The molecule has 238 valence electrons. The lowest BCUT2D eigenvalue weighted by Gasteiger charge is -2.30. The largest absolute Gasteiger partial charge is 0.483 e. The molecule has 11 nitrogen and oxygen atoms in total. The van der Waals surface area contributed by atoms with Crippen molar-refractivity contribution in [3.8, 4) is 5.75 Å². The van der Waals surface area contributed by atoms with Gasteiger partial charge in [0.25, 0.3) is 5.91 Å². The van der Waals surface area contributed by atoms with Crippen LogP contribution in [-0.4, -0.2) is 43.0 Å². The summed E-state index contributed by atoms with van der Waals surface area (Å²) in [5.41, 5.74) is -1.13. The number of carbonyl (C=O) groups is 3. The predicted octanol–water partition coefficient (Wildman–Crippen LogP) is 3.92. The number of halogens is 3. The Kier molecular flexibility index (Phi) is 8.04. The van der Waals surface area contributed by atoms with Crippen LogP contribution in [0, 0.1) is 5.92 Å². The summed E-state index contributed by atoms with van der Waals surface area (Å²) in [6.07, 6.45) is -4.84. The lowest BCUT2D eigenvalue weighted by Crippen LogP contribution is -2.33. The van der Waals surface area contributed by atoms with Crippen LogP contribution in [0.25, 0.3) is 0 Å². The number of fused-ring (bicyclic) bond motifs is 2. The molecule has 3 amide bonds. The quantitative estimate of drug-likeness (QED) is 0.245. The van der Waals surface area contributed by atoms with Crippen molar-refractivity contribution in [3.05, 3.63) is 98.5 Å². The number of para-hydroxylation sites is 2. The van der Waals surface area contributed by atoms with E-state index in [0.29, 0.717) is 20.4 Å². The van der Waals surface area contributed by atoms with Gasteiger partial charge in [0.05, 0.1) is 27.1 Å². The number of benzene rings is 3. The molecule has 1 aromatic heterocycles. The van der Waals surface area contributed by atoms with E-state index in [1.165, 1.54) is 36.4 Å². The summed E-state index contributed by atoms with van der Waals surface area (Å²) in [6.45, 7) is -0.530. The third-order valence-electron chi connectivity index (χ3n) is 7.35. The lowest BCUT2D eigenvalue weighted by atomic mass is 9.82. The first-order valence-electron chi connectivity index (χ1n) is 13.3. The van der Waals surface area contributed by atoms with Crippen LogP contribution in [0.3, 0.4) is 0 Å². The van der Waals surface area contributed by atoms with Gasteiger partial charge in [-0.1, -0.05) is 53.4 Å². The Morgan fingerprint density at radius 2 is 1.65 bits per heavy atom. The molecule has 46 heavy (non-hydrogen) atoms. The van der Waals surface area contributed by atoms with Crippen molar-refractivity contribution in [3.63, 3.8) is 0 Å². The number of ether oxygens (including phenoxy) is 1. The smallest absolute Gasteiger partial charge is 0.418 e. The number of imide groups is 1. The first kappa shape index (κ1) is 31.5. The molecule has 0 unspecified atom stereocenters. The first-order chi connectivity index (χ1) is 21.7. The highest BCUT2D eigenvalue weighted by atomic mass is 32.2. The van der Waals surface area contributed by atoms with Crippen molar-refractivity contribution in [1.82, 2.24) is 4.98 Å². The Morgan fingerprint density at radius 3 is 2.35 bits per heavy atom. The SMILES string of the molecule is NS(=O)(=O)c1ccc(NC(=O)COc2ccccc2[C@@H]2c3sc(=O)[nH]c3S[C@H]3C(=O)N(c4ccccc4C(F)(F)F)C(=O)[C@@H]23)cc1. The fraction of sp³-hybridized carbons (Fsp3) is 0.172. The molecule has 3 aromatic carbocycles. The van der Waals surface area contributed by atoms with Crippen molar-refractivity contribution in [2.24, 2.45) is 11.1 Å². The molecule has 4 aromatic rings. The number of nitrogens with one attached hydrogen (secondary N) is 2. The molecular formula is C29H21F3N4O7S3. The van der Waals surface area contributed by atoms with Gasteiger partial charge in [-0.25, -0.2) is 18.5 Å². The van der Waals surface area contributed by atoms with Crippen LogP contribution in [0.2, 0.25) is 0 Å². The number of nitrogens with two attached hydrogens (primary N) is 1. The van der Waals surface area contributed by atoms with E-state index in [2.05, 4.69) is 10.3 Å². The Labute approximate surface area is 266 Å². The van der Waals surface area contributed by atoms with E-state index >= 15 is 0 Å². The zero-order valence-corrected chi connectivity index (χ0v) is 25.6. The average molecular weight is 691 g/mol. The van der Waals surface area contributed by atoms with Crippen LogP contribution in [0.1, 0.15) is 21.9 Å². The van der Waals surface area contributed by atoms with Gasteiger partial charge in [0.2, 0.25) is 21.8 Å². The molecule has 3 atom stereocenters. The molecule has 0 bridgehead atoms. The Balaban J connectivity index is 1.32. The van der Waals surface area contributed by atoms with E-state index in [4.69, 9.17) is 9.88 Å². The minimum Gasteiger partial charge on any atom is -0.483 e. The third-order valence-corrected chi connectivity index (χ3v) is 10.7. The number of H-pyrrole nitrogens is 1. The second-order valence-corrected chi connectivity index (χ2v) is 13.9. The van der Waals surface area contributed by atoms with Gasteiger partial charge >= 0.3 is 11.0 Å². The summed E-state index contributed by atoms with van der Waals surface area (Å²) in [5.74, 6) is -4.39. The number of sulfonamides is 1. The molecule has 17 heteroatoms. The number of aromatic amines is 1. The molecule has 1 fully saturated rings. The zero-order valence-electron chi connectivity index (χ0n) is 23.1. The molecule has 4 N–H and O–H groups in total. The second kappa shape index (κ2) is 11.7. The van der Waals surface area contributed by atoms with Gasteiger partial charge < -0.3 is 15.0 Å². The Bertz CT molecular complexity index is 2050. The Morgan fingerprint density at radius 1 is 0.978 bits per heavy atom. The molecule has 1 saturated heterocycles. The number of thioether (sulfide) groups is 1. The molecule has 0 spiro atoms. The van der Waals surface area contributed by atoms with Gasteiger partial charge in [0.15, 0.2) is 6.61 Å². The molecule has 0 aliphatic carbocycles. The standard InChI is InChI=1S/C29H21F3N4O7S3/c30-29(31,32)17-6-2-3-7-18(17)36-26(38)22-21(23-25(35-28(40)45-23)44-24(22)27(36)39)16-5-1-4-8-19(16)43-13-20(37)34-14-9-11-15(12-10-14)46(33,41)42/h1-12,21-22,24H,13H2,(H,34,37)(H,35,40)(H2,33,41,42)/t21-,22-,24+/m0/s1. The lowest BCUT2D eigenvalue weighted by molar-refractivity contribution is -0.137. The maximum Gasteiger partial charge on any atom is 0.418 e. The van der Waals surface area contributed by atoms with Gasteiger partial charge in [0, 0.05) is 22.0 Å². The molecule has 0 saturated carbocycles. The fourth-order valence-corrected chi connectivity index (χ4v) is 8.46. The number of alkyl halides is 3. The van der Waals surface area contributed by atoms with Gasteiger partial charge in [-0.05, 0) is 42.5 Å². The van der Waals surface area contributed by atoms with Crippen molar-refractivity contribution in [1.29, 1.82) is 0 Å². The van der Waals surface area contributed by atoms with Crippen molar-refractivity contribution < 1.29 is 40.7 Å². The first-order valence-corrected chi connectivity index (χ1v) is 16.6. The van der Waals surface area contributed by atoms with Crippen LogP contribution in [-0.2, 0) is 30.6 Å². The summed E-state index contributed by atoms with van der Waals surface area (Å²) in [7, 11) is -3.93. The monoisotopic (exact) mass is 690 g/mol. The van der Waals surface area contributed by atoms with Crippen LogP contribution in [0.15, 0.2) is 87.5 Å². The highest BCUT2D eigenvalue weighted by Crippen LogP contribution is 2.55. The minimum atomic E-state index is -4.84. The summed E-state index contributed by atoms with van der Waals surface area (Å²) in [5, 5.41) is 6.80. The number of carbonyl (C=O) groups excluding carboxylic acids is 3. The number of hydrogen-bond donors (Lipinski definition) is 3. The maximum atomic E-state index is 14.0. The van der Waals surface area contributed by atoms with E-state index in [9.17, 15) is 40.8 Å². The summed E-state index contributed by atoms with van der Waals surface area (Å²) < 4.78 is 70.5. The van der Waals surface area contributed by atoms with E-state index in [1.54, 1.807) is 18.2 Å². The number of aromatic nitrogens is 1. The normalized spacial score (nSPS) is 19.5. The van der Waals surface area contributed by atoms with Gasteiger partial charge in [-0.3, -0.25) is 19.2 Å². The molecular weight excluding hydrogens is 670 g/mol. The number of thiazole rings is 1. The highest BCUT2D eigenvalue weighted by molar-refractivity contribution is 8.00. The average Bonchev–Trinajstić information content (AvgIpc) is 3.49. The minimum absolute atomic E-state index is 0.138.